The molecular formula is C15H21NO3. The van der Waals surface area contributed by atoms with Gasteiger partial charge in [0.1, 0.15) is 0 Å². The van der Waals surface area contributed by atoms with Crippen LogP contribution in [0.3, 0.4) is 0 Å². The molecule has 0 radical (unpaired) electrons. The lowest BCUT2D eigenvalue weighted by Gasteiger charge is -2.17. The van der Waals surface area contributed by atoms with Crippen molar-refractivity contribution in [2.24, 2.45) is 5.92 Å². The Hall–Kier alpha value is -1.71. The summed E-state index contributed by atoms with van der Waals surface area (Å²) in [4.78, 5) is 12.1. The molecule has 0 aromatic heterocycles. The van der Waals surface area contributed by atoms with E-state index in [1.54, 1.807) is 12.1 Å². The Labute approximate surface area is 113 Å². The zero-order valence-electron chi connectivity index (χ0n) is 11.5. The molecule has 1 aromatic rings. The van der Waals surface area contributed by atoms with Crippen LogP contribution < -0.4 is 10.1 Å². The van der Waals surface area contributed by atoms with Crippen LogP contribution in [0, 0.1) is 5.92 Å². The SMILES string of the molecule is CCC(CC1CC1)NC(=O)c1ccc(OC)c(O)c1. The Balaban J connectivity index is 1.99. The largest absolute Gasteiger partial charge is 0.504 e. The minimum Gasteiger partial charge on any atom is -0.504 e. The fraction of sp³-hybridized carbons (Fsp3) is 0.533. The lowest BCUT2D eigenvalue weighted by molar-refractivity contribution is 0.0932. The Morgan fingerprint density at radius 3 is 2.79 bits per heavy atom. The monoisotopic (exact) mass is 263 g/mol. The predicted molar refractivity (Wildman–Crippen MR) is 73.5 cm³/mol. The van der Waals surface area contributed by atoms with E-state index in [1.807, 2.05) is 0 Å². The molecule has 0 aliphatic heterocycles. The topological polar surface area (TPSA) is 58.6 Å². The molecule has 2 rings (SSSR count). The highest BCUT2D eigenvalue weighted by Crippen LogP contribution is 2.34. The average Bonchev–Trinajstić information content (AvgIpc) is 3.21. The van der Waals surface area contributed by atoms with Crippen molar-refractivity contribution in [3.8, 4) is 11.5 Å². The molecule has 0 spiro atoms. The number of benzene rings is 1. The second kappa shape index (κ2) is 5.95. The maximum absolute atomic E-state index is 12.1. The molecular weight excluding hydrogens is 242 g/mol. The lowest BCUT2D eigenvalue weighted by atomic mass is 10.1. The van der Waals surface area contributed by atoms with Gasteiger partial charge < -0.3 is 15.2 Å². The van der Waals surface area contributed by atoms with Crippen molar-refractivity contribution in [2.75, 3.05) is 7.11 Å². The number of nitrogens with one attached hydrogen (secondary N) is 1. The average molecular weight is 263 g/mol. The van der Waals surface area contributed by atoms with E-state index in [2.05, 4.69) is 12.2 Å². The van der Waals surface area contributed by atoms with Crippen molar-refractivity contribution in [2.45, 2.75) is 38.6 Å². The predicted octanol–water partition coefficient (Wildman–Crippen LogP) is 2.71. The van der Waals surface area contributed by atoms with Crippen LogP contribution in [0.5, 0.6) is 11.5 Å². The number of phenolic OH excluding ortho intramolecular Hbond substituents is 1. The number of carbonyl (C=O) groups is 1. The molecule has 1 unspecified atom stereocenters. The van der Waals surface area contributed by atoms with E-state index in [1.165, 1.54) is 26.0 Å². The summed E-state index contributed by atoms with van der Waals surface area (Å²) in [6.07, 6.45) is 4.57. The van der Waals surface area contributed by atoms with Crippen LogP contribution in [0.2, 0.25) is 0 Å². The van der Waals surface area contributed by atoms with Crippen LogP contribution in [0.15, 0.2) is 18.2 Å². The molecule has 104 valence electrons. The molecule has 1 fully saturated rings. The Bertz CT molecular complexity index is 455. The second-order valence-corrected chi connectivity index (χ2v) is 5.14. The number of ether oxygens (including phenoxy) is 1. The fourth-order valence-corrected chi connectivity index (χ4v) is 2.18. The summed E-state index contributed by atoms with van der Waals surface area (Å²) in [5, 5.41) is 12.7. The summed E-state index contributed by atoms with van der Waals surface area (Å²) >= 11 is 0. The van der Waals surface area contributed by atoms with Gasteiger partial charge in [-0.2, -0.15) is 0 Å². The Morgan fingerprint density at radius 1 is 1.53 bits per heavy atom. The van der Waals surface area contributed by atoms with Gasteiger partial charge in [-0.05, 0) is 37.0 Å². The van der Waals surface area contributed by atoms with Crippen molar-refractivity contribution in [1.82, 2.24) is 5.32 Å². The highest BCUT2D eigenvalue weighted by Gasteiger charge is 2.25. The van der Waals surface area contributed by atoms with Gasteiger partial charge in [0.2, 0.25) is 0 Å². The standard InChI is InChI=1S/C15H21NO3/c1-3-12(8-10-4-5-10)16-15(18)11-6-7-14(19-2)13(17)9-11/h6-7,9-10,12,17H,3-5,8H2,1-2H3,(H,16,18). The van der Waals surface area contributed by atoms with Gasteiger partial charge >= 0.3 is 0 Å². The van der Waals surface area contributed by atoms with E-state index >= 15 is 0 Å². The minimum atomic E-state index is -0.134. The Morgan fingerprint density at radius 2 is 2.26 bits per heavy atom. The van der Waals surface area contributed by atoms with Crippen molar-refractivity contribution in [3.05, 3.63) is 23.8 Å². The summed E-state index contributed by atoms with van der Waals surface area (Å²) in [5.74, 6) is 1.02. The van der Waals surface area contributed by atoms with Crippen molar-refractivity contribution < 1.29 is 14.6 Å². The normalized spacial score (nSPS) is 15.9. The molecule has 4 heteroatoms. The van der Waals surface area contributed by atoms with Crippen LogP contribution in [-0.4, -0.2) is 24.2 Å². The van der Waals surface area contributed by atoms with E-state index in [0.29, 0.717) is 11.3 Å². The molecule has 0 bridgehead atoms. The quantitative estimate of drug-likeness (QED) is 0.829. The molecule has 1 atom stereocenters. The van der Waals surface area contributed by atoms with Gasteiger partial charge in [-0.3, -0.25) is 4.79 Å². The van der Waals surface area contributed by atoms with Crippen LogP contribution in [-0.2, 0) is 0 Å². The summed E-state index contributed by atoms with van der Waals surface area (Å²) in [5.41, 5.74) is 0.465. The number of phenols is 1. The molecule has 4 nitrogen and oxygen atoms in total. The molecule has 19 heavy (non-hydrogen) atoms. The second-order valence-electron chi connectivity index (χ2n) is 5.14. The van der Waals surface area contributed by atoms with Gasteiger partial charge in [-0.1, -0.05) is 19.8 Å². The summed E-state index contributed by atoms with van der Waals surface area (Å²) in [7, 11) is 1.48. The fourth-order valence-electron chi connectivity index (χ4n) is 2.18. The van der Waals surface area contributed by atoms with Crippen molar-refractivity contribution >= 4 is 5.91 Å². The van der Waals surface area contributed by atoms with E-state index < -0.39 is 0 Å². The zero-order chi connectivity index (χ0) is 13.8. The first-order valence-electron chi connectivity index (χ1n) is 6.82. The van der Waals surface area contributed by atoms with E-state index in [4.69, 9.17) is 4.74 Å². The summed E-state index contributed by atoms with van der Waals surface area (Å²) in [6, 6.07) is 4.94. The summed E-state index contributed by atoms with van der Waals surface area (Å²) < 4.78 is 4.96. The number of amides is 1. The smallest absolute Gasteiger partial charge is 0.251 e. The van der Waals surface area contributed by atoms with Gasteiger partial charge in [0.15, 0.2) is 11.5 Å². The number of rotatable bonds is 6. The van der Waals surface area contributed by atoms with Gasteiger partial charge in [-0.25, -0.2) is 0 Å². The number of hydrogen-bond acceptors (Lipinski definition) is 3. The van der Waals surface area contributed by atoms with Crippen molar-refractivity contribution in [3.63, 3.8) is 0 Å². The molecule has 1 aromatic carbocycles. The van der Waals surface area contributed by atoms with E-state index in [9.17, 15) is 9.90 Å². The van der Waals surface area contributed by atoms with Gasteiger partial charge in [0.05, 0.1) is 7.11 Å². The van der Waals surface area contributed by atoms with Crippen LogP contribution in [0.4, 0.5) is 0 Å². The number of aromatic hydroxyl groups is 1. The van der Waals surface area contributed by atoms with Crippen molar-refractivity contribution in [1.29, 1.82) is 0 Å². The Kier molecular flexibility index (Phi) is 4.30. The number of methoxy groups -OCH3 is 1. The van der Waals surface area contributed by atoms with E-state index in [0.717, 1.165) is 18.8 Å². The molecule has 1 aliphatic rings. The first-order chi connectivity index (χ1) is 9.13. The van der Waals surface area contributed by atoms with E-state index in [-0.39, 0.29) is 17.7 Å². The maximum atomic E-state index is 12.1. The lowest BCUT2D eigenvalue weighted by Crippen LogP contribution is -2.34. The van der Waals surface area contributed by atoms with Gasteiger partial charge in [-0.15, -0.1) is 0 Å². The molecule has 1 amide bonds. The molecule has 1 aliphatic carbocycles. The third-order valence-electron chi connectivity index (χ3n) is 3.58. The van der Waals surface area contributed by atoms with Gasteiger partial charge in [0, 0.05) is 11.6 Å². The van der Waals surface area contributed by atoms with Crippen LogP contribution >= 0.6 is 0 Å². The highest BCUT2D eigenvalue weighted by molar-refractivity contribution is 5.95. The first-order valence-corrected chi connectivity index (χ1v) is 6.82. The molecule has 2 N–H and O–H groups in total. The van der Waals surface area contributed by atoms with Crippen LogP contribution in [0.1, 0.15) is 43.0 Å². The highest BCUT2D eigenvalue weighted by atomic mass is 16.5. The third-order valence-corrected chi connectivity index (χ3v) is 3.58. The molecule has 1 saturated carbocycles. The number of hydrogen-bond donors (Lipinski definition) is 2. The van der Waals surface area contributed by atoms with Gasteiger partial charge in [0.25, 0.3) is 5.91 Å². The number of carbonyl (C=O) groups excluding carboxylic acids is 1. The first kappa shape index (κ1) is 13.7. The summed E-state index contributed by atoms with van der Waals surface area (Å²) in [6.45, 7) is 2.08. The third kappa shape index (κ3) is 3.63. The molecule has 0 saturated heterocycles. The van der Waals surface area contributed by atoms with Crippen LogP contribution in [0.25, 0.3) is 0 Å². The minimum absolute atomic E-state index is 0.00890. The maximum Gasteiger partial charge on any atom is 0.251 e. The zero-order valence-corrected chi connectivity index (χ0v) is 11.5. The molecule has 0 heterocycles.